The summed E-state index contributed by atoms with van der Waals surface area (Å²) in [5.74, 6) is -0.0463. The Hall–Kier alpha value is -2.38. The van der Waals surface area contributed by atoms with Crippen molar-refractivity contribution >= 4 is 39.1 Å². The largest absolute Gasteiger partial charge is 0.508 e. The van der Waals surface area contributed by atoms with Gasteiger partial charge in [0, 0.05) is 41.5 Å². The van der Waals surface area contributed by atoms with Crippen LogP contribution in [0.5, 0.6) is 5.75 Å². The Labute approximate surface area is 166 Å². The summed E-state index contributed by atoms with van der Waals surface area (Å²) in [6.45, 7) is 0.983. The first-order valence-electron chi connectivity index (χ1n) is 8.67. The highest BCUT2D eigenvalue weighted by molar-refractivity contribution is 9.10. The average Bonchev–Trinajstić information content (AvgIpc) is 2.63. The van der Waals surface area contributed by atoms with Crippen LogP contribution in [0.1, 0.15) is 17.5 Å². The molecule has 2 N–H and O–H groups in total. The van der Waals surface area contributed by atoms with Crippen LogP contribution in [0.2, 0.25) is 0 Å². The summed E-state index contributed by atoms with van der Waals surface area (Å²) in [5.41, 5.74) is 3.13. The highest BCUT2D eigenvalue weighted by atomic mass is 79.9. The number of nitrogens with one attached hydrogen (secondary N) is 1. The smallest absolute Gasteiger partial charge is 0.228 e. The van der Waals surface area contributed by atoms with E-state index in [0.29, 0.717) is 37.2 Å². The van der Waals surface area contributed by atoms with Crippen LogP contribution in [0.3, 0.4) is 0 Å². The lowest BCUT2D eigenvalue weighted by molar-refractivity contribution is -0.119. The number of anilines is 2. The summed E-state index contributed by atoms with van der Waals surface area (Å²) < 4.78 is 5.84. The zero-order chi connectivity index (χ0) is 19.4. The second-order valence-electron chi connectivity index (χ2n) is 6.38. The summed E-state index contributed by atoms with van der Waals surface area (Å²) in [4.78, 5) is 26.2. The maximum absolute atomic E-state index is 12.3. The van der Waals surface area contributed by atoms with Gasteiger partial charge in [-0.1, -0.05) is 22.0 Å². The van der Waals surface area contributed by atoms with Gasteiger partial charge in [0.05, 0.1) is 13.0 Å². The molecule has 142 valence electrons. The topological polar surface area (TPSA) is 78.9 Å². The van der Waals surface area contributed by atoms with E-state index >= 15 is 0 Å². The maximum Gasteiger partial charge on any atom is 0.228 e. The van der Waals surface area contributed by atoms with E-state index in [9.17, 15) is 14.7 Å². The molecule has 0 atom stereocenters. The predicted molar refractivity (Wildman–Crippen MR) is 107 cm³/mol. The van der Waals surface area contributed by atoms with Crippen molar-refractivity contribution in [1.29, 1.82) is 0 Å². The molecule has 0 spiro atoms. The third-order valence-electron chi connectivity index (χ3n) is 4.48. The molecule has 0 unspecified atom stereocenters. The molecule has 3 rings (SSSR count). The van der Waals surface area contributed by atoms with Crippen molar-refractivity contribution in [3.8, 4) is 5.75 Å². The molecule has 2 amide bonds. The SMILES string of the molecule is COCCN1C(=O)CCc2cc(NC(=O)Cc3ccc(Br)cc3O)ccc21. The molecule has 1 heterocycles. The number of hydrogen-bond donors (Lipinski definition) is 2. The average molecular weight is 433 g/mol. The summed E-state index contributed by atoms with van der Waals surface area (Å²) in [5, 5.41) is 12.8. The van der Waals surface area contributed by atoms with Crippen LogP contribution in [0.25, 0.3) is 0 Å². The maximum atomic E-state index is 12.3. The van der Waals surface area contributed by atoms with Gasteiger partial charge in [-0.3, -0.25) is 9.59 Å². The molecule has 2 aromatic carbocycles. The van der Waals surface area contributed by atoms with E-state index in [1.165, 1.54) is 0 Å². The second kappa shape index (κ2) is 8.54. The van der Waals surface area contributed by atoms with Crippen molar-refractivity contribution in [1.82, 2.24) is 0 Å². The number of phenolic OH excluding ortho intramolecular Hbond substituents is 1. The normalized spacial score (nSPS) is 13.4. The zero-order valence-corrected chi connectivity index (χ0v) is 16.6. The lowest BCUT2D eigenvalue weighted by atomic mass is 10.0. The lowest BCUT2D eigenvalue weighted by Gasteiger charge is -2.29. The first-order chi connectivity index (χ1) is 13.0. The number of hydrogen-bond acceptors (Lipinski definition) is 4. The molecule has 0 saturated heterocycles. The fourth-order valence-corrected chi connectivity index (χ4v) is 3.48. The van der Waals surface area contributed by atoms with E-state index in [4.69, 9.17) is 4.74 Å². The van der Waals surface area contributed by atoms with Gasteiger partial charge in [0.2, 0.25) is 11.8 Å². The number of fused-ring (bicyclic) bond motifs is 1. The van der Waals surface area contributed by atoms with Crippen molar-refractivity contribution in [2.45, 2.75) is 19.3 Å². The van der Waals surface area contributed by atoms with Gasteiger partial charge in [0.25, 0.3) is 0 Å². The van der Waals surface area contributed by atoms with Gasteiger partial charge in [-0.05, 0) is 42.3 Å². The van der Waals surface area contributed by atoms with Gasteiger partial charge in [-0.15, -0.1) is 0 Å². The molecule has 0 aliphatic carbocycles. The Balaban J connectivity index is 1.71. The third-order valence-corrected chi connectivity index (χ3v) is 4.97. The molecule has 0 radical (unpaired) electrons. The fourth-order valence-electron chi connectivity index (χ4n) is 3.13. The van der Waals surface area contributed by atoms with Crippen LogP contribution in [-0.4, -0.2) is 37.2 Å². The summed E-state index contributed by atoms with van der Waals surface area (Å²) in [6.07, 6.45) is 1.17. The van der Waals surface area contributed by atoms with Crippen LogP contribution in [0.15, 0.2) is 40.9 Å². The Bertz CT molecular complexity index is 869. The molecule has 0 fully saturated rings. The van der Waals surface area contributed by atoms with Gasteiger partial charge in [-0.25, -0.2) is 0 Å². The third kappa shape index (κ3) is 4.67. The molecule has 1 aliphatic rings. The first-order valence-corrected chi connectivity index (χ1v) is 9.46. The Morgan fingerprint density at radius 1 is 1.26 bits per heavy atom. The van der Waals surface area contributed by atoms with Gasteiger partial charge < -0.3 is 20.1 Å². The van der Waals surface area contributed by atoms with Crippen LogP contribution < -0.4 is 10.2 Å². The molecular weight excluding hydrogens is 412 g/mol. The highest BCUT2D eigenvalue weighted by Gasteiger charge is 2.24. The monoisotopic (exact) mass is 432 g/mol. The zero-order valence-electron chi connectivity index (χ0n) is 15.0. The van der Waals surface area contributed by atoms with E-state index in [-0.39, 0.29) is 24.0 Å². The van der Waals surface area contributed by atoms with Crippen molar-refractivity contribution < 1.29 is 19.4 Å². The van der Waals surface area contributed by atoms with Crippen molar-refractivity contribution in [3.63, 3.8) is 0 Å². The minimum atomic E-state index is -0.212. The van der Waals surface area contributed by atoms with Gasteiger partial charge in [-0.2, -0.15) is 0 Å². The van der Waals surface area contributed by atoms with Crippen molar-refractivity contribution in [3.05, 3.63) is 52.0 Å². The number of aryl methyl sites for hydroxylation is 1. The van der Waals surface area contributed by atoms with Crippen LogP contribution >= 0.6 is 15.9 Å². The minimum Gasteiger partial charge on any atom is -0.508 e. The van der Waals surface area contributed by atoms with Gasteiger partial charge >= 0.3 is 0 Å². The fraction of sp³-hybridized carbons (Fsp3) is 0.300. The van der Waals surface area contributed by atoms with Crippen LogP contribution in [-0.2, 0) is 27.2 Å². The lowest BCUT2D eigenvalue weighted by Crippen LogP contribution is -2.37. The minimum absolute atomic E-state index is 0.0780. The number of benzene rings is 2. The number of carbonyl (C=O) groups excluding carboxylic acids is 2. The summed E-state index contributed by atoms with van der Waals surface area (Å²) in [6, 6.07) is 10.6. The molecule has 27 heavy (non-hydrogen) atoms. The van der Waals surface area contributed by atoms with E-state index < -0.39 is 0 Å². The van der Waals surface area contributed by atoms with E-state index in [1.54, 1.807) is 36.3 Å². The van der Waals surface area contributed by atoms with E-state index in [2.05, 4.69) is 21.2 Å². The van der Waals surface area contributed by atoms with Gasteiger partial charge in [0.15, 0.2) is 0 Å². The number of aromatic hydroxyl groups is 1. The van der Waals surface area contributed by atoms with E-state index in [0.717, 1.165) is 15.7 Å². The van der Waals surface area contributed by atoms with Crippen LogP contribution in [0.4, 0.5) is 11.4 Å². The number of amides is 2. The molecule has 1 aliphatic heterocycles. The standard InChI is InChI=1S/C20H21BrN2O4/c1-27-9-8-23-17-6-5-16(10-13(17)3-7-20(23)26)22-19(25)11-14-2-4-15(21)12-18(14)24/h2,4-6,10,12,24H,3,7-9,11H2,1H3,(H,22,25). The molecule has 0 bridgehead atoms. The Morgan fingerprint density at radius 2 is 2.07 bits per heavy atom. The number of rotatable bonds is 6. The number of phenols is 1. The number of ether oxygens (including phenoxy) is 1. The van der Waals surface area contributed by atoms with Crippen molar-refractivity contribution in [2.75, 3.05) is 30.5 Å². The summed E-state index contributed by atoms with van der Waals surface area (Å²) >= 11 is 3.28. The number of carbonyl (C=O) groups is 2. The molecule has 7 heteroatoms. The molecule has 0 aromatic heterocycles. The number of nitrogens with zero attached hydrogens (tertiary/aromatic N) is 1. The van der Waals surface area contributed by atoms with Gasteiger partial charge in [0.1, 0.15) is 5.75 Å². The first kappa shape index (κ1) is 19.4. The van der Waals surface area contributed by atoms with Crippen LogP contribution in [0, 0.1) is 0 Å². The summed E-state index contributed by atoms with van der Waals surface area (Å²) in [7, 11) is 1.61. The number of halogens is 1. The molecule has 6 nitrogen and oxygen atoms in total. The van der Waals surface area contributed by atoms with E-state index in [1.807, 2.05) is 12.1 Å². The quantitative estimate of drug-likeness (QED) is 0.733. The number of methoxy groups -OCH3 is 1. The molecular formula is C20H21BrN2O4. The highest BCUT2D eigenvalue weighted by Crippen LogP contribution is 2.30. The second-order valence-corrected chi connectivity index (χ2v) is 7.30. The Kier molecular flexibility index (Phi) is 6.13. The molecule has 2 aromatic rings. The predicted octanol–water partition coefficient (Wildman–Crippen LogP) is 3.26. The Morgan fingerprint density at radius 3 is 2.81 bits per heavy atom. The molecule has 0 saturated carbocycles. The van der Waals surface area contributed by atoms with Crippen molar-refractivity contribution in [2.24, 2.45) is 0 Å².